The first-order valence-electron chi connectivity index (χ1n) is 5.98. The van der Waals surface area contributed by atoms with Gasteiger partial charge >= 0.3 is 0 Å². The summed E-state index contributed by atoms with van der Waals surface area (Å²) in [6.07, 6.45) is 1.99. The van der Waals surface area contributed by atoms with E-state index in [2.05, 4.69) is 52.3 Å². The maximum Gasteiger partial charge on any atom is 0.0809 e. The first-order valence-corrected chi connectivity index (χ1v) is 7.74. The number of thiophene rings is 2. The number of rotatable bonds is 4. The van der Waals surface area contributed by atoms with Gasteiger partial charge < -0.3 is 5.32 Å². The van der Waals surface area contributed by atoms with E-state index in [9.17, 15) is 0 Å². The third-order valence-corrected chi connectivity index (χ3v) is 4.68. The first kappa shape index (κ1) is 11.8. The fraction of sp³-hybridized carbons (Fsp3) is 0.214. The molecule has 0 bridgehead atoms. The summed E-state index contributed by atoms with van der Waals surface area (Å²) in [5.74, 6) is 0. The van der Waals surface area contributed by atoms with Crippen LogP contribution in [0.2, 0.25) is 0 Å². The van der Waals surface area contributed by atoms with Crippen molar-refractivity contribution >= 4 is 32.9 Å². The largest absolute Gasteiger partial charge is 0.306 e. The molecular formula is C14H14N2S2. The molecule has 0 saturated heterocycles. The lowest BCUT2D eigenvalue weighted by Gasteiger charge is -2.16. The number of nitrogens with one attached hydrogen (secondary N) is 1. The zero-order valence-corrected chi connectivity index (χ0v) is 11.7. The Morgan fingerprint density at radius 3 is 3.00 bits per heavy atom. The van der Waals surface area contributed by atoms with Gasteiger partial charge in [0.2, 0.25) is 0 Å². The van der Waals surface area contributed by atoms with Crippen molar-refractivity contribution in [3.63, 3.8) is 0 Å². The molecule has 0 fully saturated rings. The van der Waals surface area contributed by atoms with Crippen LogP contribution in [0.5, 0.6) is 0 Å². The summed E-state index contributed by atoms with van der Waals surface area (Å²) in [5, 5.41) is 7.75. The van der Waals surface area contributed by atoms with Crippen molar-refractivity contribution in [1.82, 2.24) is 10.3 Å². The number of hydrogen-bond donors (Lipinski definition) is 1. The second kappa shape index (κ2) is 5.18. The minimum Gasteiger partial charge on any atom is -0.306 e. The third-order valence-electron chi connectivity index (χ3n) is 2.89. The van der Waals surface area contributed by atoms with Crippen LogP contribution in [0, 0.1) is 0 Å². The Balaban J connectivity index is 2.03. The van der Waals surface area contributed by atoms with Crippen molar-refractivity contribution in [2.75, 3.05) is 6.54 Å². The Hall–Kier alpha value is -1.23. The Kier molecular flexibility index (Phi) is 3.41. The van der Waals surface area contributed by atoms with Crippen LogP contribution >= 0.6 is 22.7 Å². The van der Waals surface area contributed by atoms with Gasteiger partial charge in [0.05, 0.1) is 16.3 Å². The van der Waals surface area contributed by atoms with Gasteiger partial charge in [0.1, 0.15) is 0 Å². The molecular weight excluding hydrogens is 260 g/mol. The third kappa shape index (κ3) is 2.19. The molecule has 0 radical (unpaired) electrons. The maximum atomic E-state index is 4.53. The van der Waals surface area contributed by atoms with Gasteiger partial charge in [0.15, 0.2) is 0 Å². The van der Waals surface area contributed by atoms with E-state index in [-0.39, 0.29) is 6.04 Å². The molecule has 3 rings (SSSR count). The van der Waals surface area contributed by atoms with Gasteiger partial charge in [-0.1, -0.05) is 13.0 Å². The standard InChI is InChI=1S/C14H14N2S2/c1-2-15-14(12-4-3-6-17-12)10-8-13-11(16-9-10)5-7-18-13/h3-9,14-15H,2H2,1H3. The highest BCUT2D eigenvalue weighted by Gasteiger charge is 2.14. The van der Waals surface area contributed by atoms with E-state index in [0.29, 0.717) is 0 Å². The number of pyridine rings is 1. The molecule has 3 aromatic rings. The number of nitrogens with zero attached hydrogens (tertiary/aromatic N) is 1. The highest BCUT2D eigenvalue weighted by molar-refractivity contribution is 7.17. The summed E-state index contributed by atoms with van der Waals surface area (Å²) in [4.78, 5) is 5.87. The molecule has 0 aliphatic rings. The van der Waals surface area contributed by atoms with Crippen LogP contribution in [0.4, 0.5) is 0 Å². The number of aromatic nitrogens is 1. The average molecular weight is 274 g/mol. The summed E-state index contributed by atoms with van der Waals surface area (Å²) < 4.78 is 1.26. The zero-order valence-electron chi connectivity index (χ0n) is 10.1. The lowest BCUT2D eigenvalue weighted by molar-refractivity contribution is 0.638. The minimum absolute atomic E-state index is 0.258. The minimum atomic E-state index is 0.258. The van der Waals surface area contributed by atoms with Crippen LogP contribution in [0.15, 0.2) is 41.2 Å². The molecule has 3 heterocycles. The molecule has 0 aliphatic carbocycles. The van der Waals surface area contributed by atoms with Crippen molar-refractivity contribution in [2.24, 2.45) is 0 Å². The number of fused-ring (bicyclic) bond motifs is 1. The fourth-order valence-electron chi connectivity index (χ4n) is 2.06. The van der Waals surface area contributed by atoms with Gasteiger partial charge in [-0.15, -0.1) is 22.7 Å². The van der Waals surface area contributed by atoms with Gasteiger partial charge in [-0.05, 0) is 41.1 Å². The molecule has 1 atom stereocenters. The first-order chi connectivity index (χ1) is 8.88. The molecule has 3 aromatic heterocycles. The van der Waals surface area contributed by atoms with Crippen molar-refractivity contribution < 1.29 is 0 Å². The van der Waals surface area contributed by atoms with Gasteiger partial charge in [-0.2, -0.15) is 0 Å². The molecule has 4 heteroatoms. The Bertz CT molecular complexity index is 628. The van der Waals surface area contributed by atoms with Gasteiger partial charge in [0, 0.05) is 11.1 Å². The molecule has 0 spiro atoms. The second-order valence-electron chi connectivity index (χ2n) is 4.08. The summed E-state index contributed by atoms with van der Waals surface area (Å²) in [6, 6.07) is 8.85. The molecule has 2 nitrogen and oxygen atoms in total. The fourth-order valence-corrected chi connectivity index (χ4v) is 3.68. The van der Waals surface area contributed by atoms with E-state index in [1.165, 1.54) is 15.1 Å². The summed E-state index contributed by atoms with van der Waals surface area (Å²) in [7, 11) is 0. The van der Waals surface area contributed by atoms with Crippen LogP contribution in [0.1, 0.15) is 23.4 Å². The molecule has 0 aromatic carbocycles. The molecule has 1 N–H and O–H groups in total. The quantitative estimate of drug-likeness (QED) is 0.776. The van der Waals surface area contributed by atoms with Gasteiger partial charge in [-0.3, -0.25) is 4.98 Å². The topological polar surface area (TPSA) is 24.9 Å². The highest BCUT2D eigenvalue weighted by Crippen LogP contribution is 2.28. The molecule has 0 aliphatic heterocycles. The van der Waals surface area contributed by atoms with E-state index in [4.69, 9.17) is 0 Å². The molecule has 1 unspecified atom stereocenters. The number of hydrogen-bond acceptors (Lipinski definition) is 4. The summed E-state index contributed by atoms with van der Waals surface area (Å²) in [5.41, 5.74) is 2.33. The van der Waals surface area contributed by atoms with Crippen molar-refractivity contribution in [3.05, 3.63) is 51.7 Å². The van der Waals surface area contributed by atoms with Crippen molar-refractivity contribution in [2.45, 2.75) is 13.0 Å². The highest BCUT2D eigenvalue weighted by atomic mass is 32.1. The second-order valence-corrected chi connectivity index (χ2v) is 6.01. The van der Waals surface area contributed by atoms with Crippen LogP contribution in [-0.2, 0) is 0 Å². The lowest BCUT2D eigenvalue weighted by atomic mass is 10.1. The monoisotopic (exact) mass is 274 g/mol. The summed E-state index contributed by atoms with van der Waals surface area (Å²) in [6.45, 7) is 3.09. The van der Waals surface area contributed by atoms with Crippen LogP contribution in [0.25, 0.3) is 10.2 Å². The van der Waals surface area contributed by atoms with Crippen molar-refractivity contribution in [1.29, 1.82) is 0 Å². The normalized spacial score (nSPS) is 12.9. The van der Waals surface area contributed by atoms with Crippen LogP contribution in [0.3, 0.4) is 0 Å². The summed E-state index contributed by atoms with van der Waals surface area (Å²) >= 11 is 3.53. The Morgan fingerprint density at radius 2 is 2.22 bits per heavy atom. The Morgan fingerprint density at radius 1 is 1.28 bits per heavy atom. The van der Waals surface area contributed by atoms with Crippen LogP contribution in [-0.4, -0.2) is 11.5 Å². The average Bonchev–Trinajstić information content (AvgIpc) is 3.05. The SMILES string of the molecule is CCNC(c1cnc2ccsc2c1)c1cccs1. The zero-order chi connectivity index (χ0) is 12.4. The maximum absolute atomic E-state index is 4.53. The Labute approximate surface area is 114 Å². The molecule has 0 amide bonds. The van der Waals surface area contributed by atoms with E-state index < -0.39 is 0 Å². The van der Waals surface area contributed by atoms with Crippen LogP contribution < -0.4 is 5.32 Å². The molecule has 92 valence electrons. The molecule has 18 heavy (non-hydrogen) atoms. The predicted octanol–water partition coefficient (Wildman–Crippen LogP) is 4.06. The van der Waals surface area contributed by atoms with E-state index >= 15 is 0 Å². The van der Waals surface area contributed by atoms with Gasteiger partial charge in [0.25, 0.3) is 0 Å². The predicted molar refractivity (Wildman–Crippen MR) is 79.5 cm³/mol. The lowest BCUT2D eigenvalue weighted by Crippen LogP contribution is -2.21. The smallest absolute Gasteiger partial charge is 0.0809 e. The van der Waals surface area contributed by atoms with E-state index in [1.54, 1.807) is 22.7 Å². The van der Waals surface area contributed by atoms with Crippen molar-refractivity contribution in [3.8, 4) is 0 Å². The van der Waals surface area contributed by atoms with Gasteiger partial charge in [-0.25, -0.2) is 0 Å². The van der Waals surface area contributed by atoms with E-state index in [0.717, 1.165) is 12.1 Å². The van der Waals surface area contributed by atoms with E-state index in [1.807, 2.05) is 6.20 Å². The molecule has 0 saturated carbocycles.